The lowest BCUT2D eigenvalue weighted by Gasteiger charge is -2.26. The second-order valence-electron chi connectivity index (χ2n) is 7.26. The molecule has 0 atom stereocenters. The molecule has 0 unspecified atom stereocenters. The summed E-state index contributed by atoms with van der Waals surface area (Å²) in [7, 11) is 3.93. The first kappa shape index (κ1) is 22.4. The molecule has 0 spiro atoms. The first-order chi connectivity index (χ1) is 14.9. The fourth-order valence-electron chi connectivity index (χ4n) is 3.28. The highest BCUT2D eigenvalue weighted by Crippen LogP contribution is 2.34. The van der Waals surface area contributed by atoms with Gasteiger partial charge in [-0.1, -0.05) is 23.7 Å². The smallest absolute Gasteiger partial charge is 0.311 e. The molecule has 0 bridgehead atoms. The molecule has 1 aromatic heterocycles. The Labute approximate surface area is 186 Å². The van der Waals surface area contributed by atoms with E-state index in [1.807, 2.05) is 25.1 Å². The van der Waals surface area contributed by atoms with Crippen LogP contribution < -0.4 is 4.90 Å². The number of halogens is 1. The van der Waals surface area contributed by atoms with Crippen molar-refractivity contribution < 1.29 is 9.72 Å². The average molecular weight is 439 g/mol. The third-order valence-electron chi connectivity index (χ3n) is 4.75. The lowest BCUT2D eigenvalue weighted by Crippen LogP contribution is -2.26. The molecular weight excluding hydrogens is 416 g/mol. The number of benzene rings is 2. The van der Waals surface area contributed by atoms with E-state index in [0.717, 1.165) is 13.0 Å². The summed E-state index contributed by atoms with van der Waals surface area (Å²) in [5, 5.41) is 12.2. The summed E-state index contributed by atoms with van der Waals surface area (Å²) in [4.78, 5) is 32.6. The van der Waals surface area contributed by atoms with E-state index in [1.54, 1.807) is 47.4 Å². The van der Waals surface area contributed by atoms with Crippen LogP contribution in [-0.4, -0.2) is 47.8 Å². The van der Waals surface area contributed by atoms with Gasteiger partial charge in [-0.3, -0.25) is 14.9 Å². The zero-order chi connectivity index (χ0) is 22.4. The van der Waals surface area contributed by atoms with Crippen LogP contribution in [0.15, 0.2) is 66.9 Å². The molecule has 2 aromatic carbocycles. The van der Waals surface area contributed by atoms with Crippen LogP contribution in [0.5, 0.6) is 0 Å². The molecule has 0 aliphatic heterocycles. The molecule has 3 rings (SSSR count). The number of aromatic nitrogens is 1. The molecule has 0 fully saturated rings. The van der Waals surface area contributed by atoms with Crippen LogP contribution in [-0.2, 0) is 0 Å². The summed E-state index contributed by atoms with van der Waals surface area (Å²) >= 11 is 5.96. The molecule has 0 aliphatic rings. The number of hydrogen-bond donors (Lipinski definition) is 0. The zero-order valence-corrected chi connectivity index (χ0v) is 18.1. The number of ketones is 1. The summed E-state index contributed by atoms with van der Waals surface area (Å²) in [6, 6.07) is 16.7. The number of hydrogen-bond acceptors (Lipinski definition) is 6. The first-order valence-electron chi connectivity index (χ1n) is 9.79. The van der Waals surface area contributed by atoms with Crippen molar-refractivity contribution in [1.29, 1.82) is 0 Å². The molecule has 31 heavy (non-hydrogen) atoms. The SMILES string of the molecule is CN(C)CCCN(c1ccccc1C(=O)c1ccc(Cl)cc1)c1ncccc1[N+](=O)[O-]. The van der Waals surface area contributed by atoms with E-state index in [0.29, 0.717) is 28.4 Å². The largest absolute Gasteiger partial charge is 0.320 e. The van der Waals surface area contributed by atoms with Crippen molar-refractivity contribution in [3.8, 4) is 0 Å². The third kappa shape index (κ3) is 5.45. The molecule has 7 nitrogen and oxygen atoms in total. The quantitative estimate of drug-likeness (QED) is 0.267. The maximum absolute atomic E-state index is 13.3. The lowest BCUT2D eigenvalue weighted by molar-refractivity contribution is -0.384. The van der Waals surface area contributed by atoms with Crippen LogP contribution in [0.1, 0.15) is 22.3 Å². The number of carbonyl (C=O) groups is 1. The van der Waals surface area contributed by atoms with E-state index in [-0.39, 0.29) is 17.3 Å². The number of para-hydroxylation sites is 1. The predicted octanol–water partition coefficient (Wildman–Crippen LogP) is 4.96. The van der Waals surface area contributed by atoms with Crippen molar-refractivity contribution >= 4 is 34.6 Å². The molecule has 1 heterocycles. The molecule has 3 aromatic rings. The van der Waals surface area contributed by atoms with E-state index in [9.17, 15) is 14.9 Å². The Bertz CT molecular complexity index is 1070. The summed E-state index contributed by atoms with van der Waals surface area (Å²) in [6.45, 7) is 1.24. The highest BCUT2D eigenvalue weighted by atomic mass is 35.5. The molecule has 8 heteroatoms. The fourth-order valence-corrected chi connectivity index (χ4v) is 3.41. The highest BCUT2D eigenvalue weighted by Gasteiger charge is 2.25. The van der Waals surface area contributed by atoms with E-state index >= 15 is 0 Å². The second-order valence-corrected chi connectivity index (χ2v) is 7.70. The Hall–Kier alpha value is -3.29. The van der Waals surface area contributed by atoms with Crippen LogP contribution in [0.25, 0.3) is 0 Å². The van der Waals surface area contributed by atoms with Gasteiger partial charge in [-0.25, -0.2) is 4.98 Å². The van der Waals surface area contributed by atoms with Crippen molar-refractivity contribution in [2.45, 2.75) is 6.42 Å². The Balaban J connectivity index is 2.09. The lowest BCUT2D eigenvalue weighted by atomic mass is 10.0. The topological polar surface area (TPSA) is 79.6 Å². The van der Waals surface area contributed by atoms with E-state index in [1.165, 1.54) is 18.3 Å². The molecule has 0 radical (unpaired) electrons. The average Bonchev–Trinajstić information content (AvgIpc) is 2.77. The van der Waals surface area contributed by atoms with Crippen LogP contribution in [0.3, 0.4) is 0 Å². The number of carbonyl (C=O) groups excluding carboxylic acids is 1. The molecule has 0 aliphatic carbocycles. The minimum atomic E-state index is -0.453. The van der Waals surface area contributed by atoms with Crippen LogP contribution >= 0.6 is 11.6 Å². The van der Waals surface area contributed by atoms with Gasteiger partial charge in [0.25, 0.3) is 0 Å². The van der Waals surface area contributed by atoms with Crippen LogP contribution in [0.2, 0.25) is 5.02 Å². The van der Waals surface area contributed by atoms with Gasteiger partial charge in [0.05, 0.1) is 10.6 Å². The zero-order valence-electron chi connectivity index (χ0n) is 17.4. The number of rotatable bonds is 9. The van der Waals surface area contributed by atoms with Gasteiger partial charge in [0.1, 0.15) is 0 Å². The van der Waals surface area contributed by atoms with Gasteiger partial charge in [-0.15, -0.1) is 0 Å². The molecule has 0 N–H and O–H groups in total. The van der Waals surface area contributed by atoms with Gasteiger partial charge in [-0.2, -0.15) is 0 Å². The van der Waals surface area contributed by atoms with Gasteiger partial charge < -0.3 is 9.80 Å². The third-order valence-corrected chi connectivity index (χ3v) is 5.00. The van der Waals surface area contributed by atoms with Crippen LogP contribution in [0.4, 0.5) is 17.2 Å². The Kier molecular flexibility index (Phi) is 7.33. The summed E-state index contributed by atoms with van der Waals surface area (Å²) in [5.74, 6) is 0.0195. The van der Waals surface area contributed by atoms with Gasteiger partial charge in [0, 0.05) is 35.0 Å². The van der Waals surface area contributed by atoms with Gasteiger partial charge in [0.2, 0.25) is 5.82 Å². The highest BCUT2D eigenvalue weighted by molar-refractivity contribution is 6.30. The summed E-state index contributed by atoms with van der Waals surface area (Å²) in [6.07, 6.45) is 2.25. The number of nitro groups is 1. The molecule has 0 saturated heterocycles. The number of anilines is 2. The van der Waals surface area contributed by atoms with Gasteiger partial charge >= 0.3 is 5.69 Å². The second kappa shape index (κ2) is 10.1. The first-order valence-corrected chi connectivity index (χ1v) is 10.2. The summed E-state index contributed by atoms with van der Waals surface area (Å²) < 4.78 is 0. The summed E-state index contributed by atoms with van der Waals surface area (Å²) in [5.41, 5.74) is 1.39. The van der Waals surface area contributed by atoms with Crippen molar-refractivity contribution in [1.82, 2.24) is 9.88 Å². The molecule has 0 saturated carbocycles. The van der Waals surface area contributed by atoms with Gasteiger partial charge in [-0.05, 0) is 69.5 Å². The van der Waals surface area contributed by atoms with E-state index in [2.05, 4.69) is 4.98 Å². The standard InChI is InChI=1S/C23H23ClN4O3/c1-26(2)15-6-16-27(23-21(28(30)31)9-5-14-25-23)20-8-4-3-7-19(20)22(29)17-10-12-18(24)13-11-17/h3-5,7-14H,6,15-16H2,1-2H3. The van der Waals surface area contributed by atoms with Crippen molar-refractivity contribution in [2.75, 3.05) is 32.1 Å². The maximum atomic E-state index is 13.3. The van der Waals surface area contributed by atoms with E-state index < -0.39 is 4.92 Å². The monoisotopic (exact) mass is 438 g/mol. The van der Waals surface area contributed by atoms with E-state index in [4.69, 9.17) is 11.6 Å². The van der Waals surface area contributed by atoms with Gasteiger partial charge in [0.15, 0.2) is 5.78 Å². The Morgan fingerprint density at radius 2 is 1.74 bits per heavy atom. The fraction of sp³-hybridized carbons (Fsp3) is 0.217. The van der Waals surface area contributed by atoms with Crippen molar-refractivity contribution in [3.05, 3.63) is 93.1 Å². The van der Waals surface area contributed by atoms with Crippen molar-refractivity contribution in [2.24, 2.45) is 0 Å². The predicted molar refractivity (Wildman–Crippen MR) is 122 cm³/mol. The maximum Gasteiger partial charge on any atom is 0.311 e. The Morgan fingerprint density at radius 1 is 1.03 bits per heavy atom. The minimum absolute atomic E-state index is 0.110. The normalized spacial score (nSPS) is 10.8. The molecule has 0 amide bonds. The minimum Gasteiger partial charge on any atom is -0.320 e. The molecule has 160 valence electrons. The van der Waals surface area contributed by atoms with Crippen LogP contribution in [0, 0.1) is 10.1 Å². The Morgan fingerprint density at radius 3 is 2.42 bits per heavy atom. The number of nitrogens with zero attached hydrogens (tertiary/aromatic N) is 4. The molecular formula is C23H23ClN4O3. The van der Waals surface area contributed by atoms with Crippen molar-refractivity contribution in [3.63, 3.8) is 0 Å². The number of pyridine rings is 1.